The van der Waals surface area contributed by atoms with Crippen molar-refractivity contribution in [2.24, 2.45) is 16.7 Å². The highest BCUT2D eigenvalue weighted by Crippen LogP contribution is 2.64. The highest BCUT2D eigenvalue weighted by molar-refractivity contribution is 8.00. The van der Waals surface area contributed by atoms with E-state index in [9.17, 15) is 13.2 Å². The zero-order valence-electron chi connectivity index (χ0n) is 17.3. The van der Waals surface area contributed by atoms with Gasteiger partial charge in [0.05, 0.1) is 11.9 Å². The first-order valence-corrected chi connectivity index (χ1v) is 13.6. The Morgan fingerprint density at radius 1 is 1.21 bits per heavy atom. The number of nitrogens with zero attached hydrogens (tertiary/aromatic N) is 1. The number of Topliss-reactive ketones (excluding diaryl/α,β-unsaturated/α-hetero) is 1. The van der Waals surface area contributed by atoms with E-state index in [2.05, 4.69) is 13.8 Å². The SMILES string of the molecule is CC1(C)C2CCC1(CS(=O)(=O)N(CCC1CCCS1)CC1CCCO1)C(=O)C2. The van der Waals surface area contributed by atoms with Crippen molar-refractivity contribution in [1.29, 1.82) is 0 Å². The van der Waals surface area contributed by atoms with Crippen molar-refractivity contribution < 1.29 is 17.9 Å². The van der Waals surface area contributed by atoms with E-state index in [0.29, 0.717) is 30.7 Å². The average molecular weight is 430 g/mol. The lowest BCUT2D eigenvalue weighted by Gasteiger charge is -2.38. The van der Waals surface area contributed by atoms with E-state index in [4.69, 9.17) is 4.74 Å². The highest BCUT2D eigenvalue weighted by Gasteiger charge is 2.65. The molecule has 0 aromatic rings. The second-order valence-electron chi connectivity index (χ2n) is 9.84. The van der Waals surface area contributed by atoms with Gasteiger partial charge in [0, 0.05) is 36.8 Å². The van der Waals surface area contributed by atoms with Gasteiger partial charge in [-0.25, -0.2) is 8.42 Å². The molecule has 160 valence electrons. The summed E-state index contributed by atoms with van der Waals surface area (Å²) in [4.78, 5) is 12.9. The number of ketones is 1. The molecule has 4 fully saturated rings. The van der Waals surface area contributed by atoms with Crippen LogP contribution in [0.4, 0.5) is 0 Å². The van der Waals surface area contributed by atoms with Gasteiger partial charge in [0.25, 0.3) is 0 Å². The number of thioether (sulfide) groups is 1. The lowest BCUT2D eigenvalue weighted by atomic mass is 9.70. The Hall–Kier alpha value is -0.110. The summed E-state index contributed by atoms with van der Waals surface area (Å²) in [7, 11) is -3.51. The minimum absolute atomic E-state index is 0.00659. The molecule has 0 aromatic heterocycles. The van der Waals surface area contributed by atoms with E-state index >= 15 is 0 Å². The second kappa shape index (κ2) is 7.86. The summed E-state index contributed by atoms with van der Waals surface area (Å²) in [5.74, 6) is 1.71. The Kier molecular flexibility index (Phi) is 5.93. The van der Waals surface area contributed by atoms with Crippen LogP contribution in [0, 0.1) is 16.7 Å². The first-order valence-electron chi connectivity index (χ1n) is 11.0. The van der Waals surface area contributed by atoms with Gasteiger partial charge in [-0.2, -0.15) is 16.1 Å². The molecule has 4 atom stereocenters. The number of carbonyl (C=O) groups excluding carboxylic acids is 1. The van der Waals surface area contributed by atoms with E-state index in [-0.39, 0.29) is 23.1 Å². The molecule has 2 heterocycles. The fourth-order valence-corrected chi connectivity index (χ4v) is 9.56. The molecule has 2 saturated heterocycles. The summed E-state index contributed by atoms with van der Waals surface area (Å²) in [6.07, 6.45) is 7.56. The van der Waals surface area contributed by atoms with Crippen LogP contribution in [-0.2, 0) is 19.6 Å². The minimum atomic E-state index is -3.51. The van der Waals surface area contributed by atoms with Crippen LogP contribution in [0.25, 0.3) is 0 Å². The van der Waals surface area contributed by atoms with Crippen LogP contribution >= 0.6 is 11.8 Å². The van der Waals surface area contributed by atoms with Gasteiger partial charge < -0.3 is 4.74 Å². The van der Waals surface area contributed by atoms with Gasteiger partial charge in [0.2, 0.25) is 10.0 Å². The molecular formula is C21H35NO4S2. The molecule has 2 bridgehead atoms. The van der Waals surface area contributed by atoms with Crippen molar-refractivity contribution in [3.05, 3.63) is 0 Å². The molecule has 7 heteroatoms. The summed E-state index contributed by atoms with van der Waals surface area (Å²) >= 11 is 1.97. The standard InChI is InChI=1S/C21H35NO4S2/c1-20(2)16-7-9-21(20,19(23)13-16)15-28(24,25)22(14-17-5-3-11-26-17)10-8-18-6-4-12-27-18/h16-18H,3-15H2,1-2H3. The van der Waals surface area contributed by atoms with Crippen LogP contribution in [0.3, 0.4) is 0 Å². The van der Waals surface area contributed by atoms with Crippen molar-refractivity contribution in [2.75, 3.05) is 31.2 Å². The summed E-state index contributed by atoms with van der Waals surface area (Å²) in [6.45, 7) is 5.98. The zero-order valence-corrected chi connectivity index (χ0v) is 19.0. The summed E-state index contributed by atoms with van der Waals surface area (Å²) in [5.41, 5.74) is -0.901. The smallest absolute Gasteiger partial charge is 0.215 e. The fourth-order valence-electron chi connectivity index (χ4n) is 6.03. The first-order chi connectivity index (χ1) is 13.2. The van der Waals surface area contributed by atoms with E-state index in [0.717, 1.165) is 38.7 Å². The molecule has 4 unspecified atom stereocenters. The Morgan fingerprint density at radius 2 is 2.04 bits per heavy atom. The molecular weight excluding hydrogens is 394 g/mol. The third-order valence-electron chi connectivity index (χ3n) is 8.12. The molecule has 4 rings (SSSR count). The normalized spacial score (nSPS) is 37.4. The quantitative estimate of drug-likeness (QED) is 0.591. The molecule has 4 aliphatic rings. The molecule has 0 N–H and O–H groups in total. The van der Waals surface area contributed by atoms with Crippen LogP contribution < -0.4 is 0 Å². The Morgan fingerprint density at radius 3 is 2.61 bits per heavy atom. The van der Waals surface area contributed by atoms with E-state index < -0.39 is 15.4 Å². The monoisotopic (exact) mass is 429 g/mol. The van der Waals surface area contributed by atoms with Gasteiger partial charge in [0.15, 0.2) is 0 Å². The van der Waals surface area contributed by atoms with Crippen molar-refractivity contribution in [1.82, 2.24) is 4.31 Å². The number of hydrogen-bond acceptors (Lipinski definition) is 5. The largest absolute Gasteiger partial charge is 0.377 e. The molecule has 28 heavy (non-hydrogen) atoms. The summed E-state index contributed by atoms with van der Waals surface area (Å²) in [6, 6.07) is 0. The fraction of sp³-hybridized carbons (Fsp3) is 0.952. The van der Waals surface area contributed by atoms with Gasteiger partial charge in [-0.1, -0.05) is 13.8 Å². The maximum atomic E-state index is 13.6. The maximum absolute atomic E-state index is 13.6. The number of sulfonamides is 1. The summed E-state index contributed by atoms with van der Waals surface area (Å²) in [5, 5.41) is 0.570. The lowest BCUT2D eigenvalue weighted by Crippen LogP contribution is -2.48. The molecule has 2 aliphatic carbocycles. The van der Waals surface area contributed by atoms with E-state index in [1.165, 1.54) is 18.6 Å². The predicted molar refractivity (Wildman–Crippen MR) is 113 cm³/mol. The molecule has 2 saturated carbocycles. The second-order valence-corrected chi connectivity index (χ2v) is 13.2. The summed E-state index contributed by atoms with van der Waals surface area (Å²) < 4.78 is 34.7. The van der Waals surface area contributed by atoms with Crippen LogP contribution in [0.5, 0.6) is 0 Å². The third kappa shape index (κ3) is 3.69. The van der Waals surface area contributed by atoms with Crippen molar-refractivity contribution in [2.45, 2.75) is 76.6 Å². The van der Waals surface area contributed by atoms with Crippen LogP contribution in [-0.4, -0.2) is 61.1 Å². The van der Waals surface area contributed by atoms with Gasteiger partial charge in [0.1, 0.15) is 5.78 Å². The van der Waals surface area contributed by atoms with Crippen molar-refractivity contribution in [3.63, 3.8) is 0 Å². The van der Waals surface area contributed by atoms with Crippen LogP contribution in [0.2, 0.25) is 0 Å². The number of carbonyl (C=O) groups is 1. The molecule has 0 aromatic carbocycles. The lowest BCUT2D eigenvalue weighted by molar-refractivity contribution is -0.128. The van der Waals surface area contributed by atoms with E-state index in [1.807, 2.05) is 11.8 Å². The third-order valence-corrected chi connectivity index (χ3v) is 11.6. The van der Waals surface area contributed by atoms with Crippen LogP contribution in [0.15, 0.2) is 0 Å². The minimum Gasteiger partial charge on any atom is -0.377 e. The molecule has 2 aliphatic heterocycles. The van der Waals surface area contributed by atoms with Crippen LogP contribution in [0.1, 0.15) is 65.2 Å². The Bertz CT molecular complexity index is 695. The Labute approximate surface area is 174 Å². The predicted octanol–water partition coefficient (Wildman–Crippen LogP) is 3.48. The number of hydrogen-bond donors (Lipinski definition) is 0. The highest BCUT2D eigenvalue weighted by atomic mass is 32.2. The number of fused-ring (bicyclic) bond motifs is 2. The number of rotatable bonds is 8. The van der Waals surface area contributed by atoms with E-state index in [1.54, 1.807) is 4.31 Å². The first kappa shape index (κ1) is 21.1. The molecule has 0 radical (unpaired) electrons. The number of ether oxygens (including phenoxy) is 1. The van der Waals surface area contributed by atoms with Gasteiger partial charge in [-0.15, -0.1) is 0 Å². The molecule has 5 nitrogen and oxygen atoms in total. The van der Waals surface area contributed by atoms with Gasteiger partial charge in [-0.05, 0) is 62.0 Å². The van der Waals surface area contributed by atoms with Crippen molar-refractivity contribution in [3.8, 4) is 0 Å². The van der Waals surface area contributed by atoms with Crippen molar-refractivity contribution >= 4 is 27.6 Å². The molecule has 0 amide bonds. The Balaban J connectivity index is 1.52. The molecule has 0 spiro atoms. The maximum Gasteiger partial charge on any atom is 0.215 e. The topological polar surface area (TPSA) is 63.7 Å². The zero-order chi connectivity index (χ0) is 20.0. The van der Waals surface area contributed by atoms with Gasteiger partial charge in [-0.3, -0.25) is 4.79 Å². The van der Waals surface area contributed by atoms with Gasteiger partial charge >= 0.3 is 0 Å². The average Bonchev–Trinajstić information content (AvgIpc) is 3.39.